The average Bonchev–Trinajstić information content (AvgIpc) is 2.53. The van der Waals surface area contributed by atoms with Crippen LogP contribution in [0.3, 0.4) is 0 Å². The Bertz CT molecular complexity index is 462. The molecule has 3 nitrogen and oxygen atoms in total. The lowest BCUT2D eigenvalue weighted by molar-refractivity contribution is -0.125. The maximum absolute atomic E-state index is 13.6. The molecule has 0 aliphatic heterocycles. The van der Waals surface area contributed by atoms with Gasteiger partial charge in [0.1, 0.15) is 0 Å². The zero-order chi connectivity index (χ0) is 16.4. The largest absolute Gasteiger partial charge is 0.494 e. The van der Waals surface area contributed by atoms with Crippen molar-refractivity contribution in [3.8, 4) is 5.75 Å². The number of carbonyl (C=O) groups excluding carboxylic acids is 1. The lowest BCUT2D eigenvalue weighted by Gasteiger charge is -2.15. The predicted molar refractivity (Wildman–Crippen MR) is 87.3 cm³/mol. The molecule has 0 aliphatic carbocycles. The molecule has 1 aromatic rings. The summed E-state index contributed by atoms with van der Waals surface area (Å²) < 4.78 is 18.5. The minimum absolute atomic E-state index is 0.0555. The molecule has 0 radical (unpaired) electrons. The van der Waals surface area contributed by atoms with Crippen molar-refractivity contribution < 1.29 is 13.9 Å². The number of methoxy groups -OCH3 is 1. The first-order valence-corrected chi connectivity index (χ1v) is 8.22. The fourth-order valence-corrected chi connectivity index (χ4v) is 2.49. The Hall–Kier alpha value is -1.58. The topological polar surface area (TPSA) is 38.3 Å². The molecule has 0 saturated carbocycles. The second-order valence-electron chi connectivity index (χ2n) is 5.64. The van der Waals surface area contributed by atoms with Gasteiger partial charge in [0.2, 0.25) is 5.91 Å². The lowest BCUT2D eigenvalue weighted by Crippen LogP contribution is -2.30. The van der Waals surface area contributed by atoms with E-state index in [9.17, 15) is 9.18 Å². The van der Waals surface area contributed by atoms with Gasteiger partial charge in [-0.2, -0.15) is 0 Å². The number of ether oxygens (including phenoxy) is 1. The highest BCUT2D eigenvalue weighted by Gasteiger charge is 2.15. The number of carbonyl (C=O) groups is 1. The number of unbranched alkanes of at least 4 members (excludes halogenated alkanes) is 3. The van der Waals surface area contributed by atoms with Gasteiger partial charge in [-0.3, -0.25) is 4.79 Å². The van der Waals surface area contributed by atoms with Crippen molar-refractivity contribution in [2.75, 3.05) is 7.11 Å². The zero-order valence-electron chi connectivity index (χ0n) is 14.0. The van der Waals surface area contributed by atoms with E-state index in [1.807, 2.05) is 6.92 Å². The molecule has 1 N–H and O–H groups in total. The smallest absolute Gasteiger partial charge is 0.223 e. The molecule has 1 atom stereocenters. The summed E-state index contributed by atoms with van der Waals surface area (Å²) in [4.78, 5) is 12.2. The van der Waals surface area contributed by atoms with Gasteiger partial charge in [0, 0.05) is 12.5 Å². The third kappa shape index (κ3) is 6.04. The summed E-state index contributed by atoms with van der Waals surface area (Å²) in [5.74, 6) is -0.0616. The van der Waals surface area contributed by atoms with E-state index < -0.39 is 5.82 Å². The van der Waals surface area contributed by atoms with Crippen molar-refractivity contribution in [2.24, 2.45) is 5.92 Å². The summed E-state index contributed by atoms with van der Waals surface area (Å²) in [5.41, 5.74) is 0.743. The van der Waals surface area contributed by atoms with E-state index in [2.05, 4.69) is 12.2 Å². The summed E-state index contributed by atoms with van der Waals surface area (Å²) >= 11 is 0. The molecule has 1 amide bonds. The summed E-state index contributed by atoms with van der Waals surface area (Å²) in [6.45, 7) is 4.57. The van der Waals surface area contributed by atoms with Crippen molar-refractivity contribution in [2.45, 2.75) is 58.9 Å². The van der Waals surface area contributed by atoms with Crippen LogP contribution in [0.4, 0.5) is 4.39 Å². The molecule has 0 saturated heterocycles. The summed E-state index contributed by atoms with van der Waals surface area (Å²) in [5, 5.41) is 2.91. The van der Waals surface area contributed by atoms with Gasteiger partial charge in [-0.1, -0.05) is 45.6 Å². The Morgan fingerprint density at radius 3 is 2.64 bits per heavy atom. The van der Waals surface area contributed by atoms with Crippen LogP contribution < -0.4 is 10.1 Å². The first-order chi connectivity index (χ1) is 10.6. The van der Waals surface area contributed by atoms with E-state index in [4.69, 9.17) is 4.74 Å². The quantitative estimate of drug-likeness (QED) is 0.649. The van der Waals surface area contributed by atoms with E-state index in [0.29, 0.717) is 6.54 Å². The maximum Gasteiger partial charge on any atom is 0.223 e. The third-order valence-corrected chi connectivity index (χ3v) is 3.95. The Labute approximate surface area is 133 Å². The van der Waals surface area contributed by atoms with Crippen molar-refractivity contribution in [3.05, 3.63) is 29.6 Å². The van der Waals surface area contributed by atoms with Crippen LogP contribution in [0.2, 0.25) is 0 Å². The molecule has 1 rings (SSSR count). The van der Waals surface area contributed by atoms with Gasteiger partial charge in [-0.05, 0) is 30.5 Å². The van der Waals surface area contributed by atoms with Gasteiger partial charge in [-0.15, -0.1) is 0 Å². The second kappa shape index (κ2) is 10.2. The summed E-state index contributed by atoms with van der Waals surface area (Å²) in [7, 11) is 1.43. The van der Waals surface area contributed by atoms with Gasteiger partial charge in [0.15, 0.2) is 11.6 Å². The van der Waals surface area contributed by atoms with E-state index in [1.54, 1.807) is 12.1 Å². The highest BCUT2D eigenvalue weighted by molar-refractivity contribution is 5.78. The normalized spacial score (nSPS) is 12.0. The van der Waals surface area contributed by atoms with Gasteiger partial charge in [-0.25, -0.2) is 4.39 Å². The molecule has 124 valence electrons. The molecule has 0 spiro atoms. The average molecular weight is 309 g/mol. The maximum atomic E-state index is 13.6. The minimum atomic E-state index is -0.402. The first kappa shape index (κ1) is 18.5. The lowest BCUT2D eigenvalue weighted by atomic mass is 9.97. The molecule has 1 aromatic carbocycles. The van der Waals surface area contributed by atoms with Gasteiger partial charge in [0.25, 0.3) is 0 Å². The van der Waals surface area contributed by atoms with Crippen LogP contribution in [0.5, 0.6) is 5.75 Å². The standard InChI is InChI=1S/C18H28FNO2/c1-4-6-7-8-9-15(5-2)18(21)20-13-14-10-11-17(22-3)16(19)12-14/h10-12,15H,4-9,13H2,1-3H3,(H,20,21). The minimum Gasteiger partial charge on any atom is -0.494 e. The van der Waals surface area contributed by atoms with Crippen molar-refractivity contribution in [1.82, 2.24) is 5.32 Å². The number of hydrogen-bond acceptors (Lipinski definition) is 2. The molecule has 0 heterocycles. The Balaban J connectivity index is 2.44. The molecule has 0 bridgehead atoms. The van der Waals surface area contributed by atoms with E-state index in [0.717, 1.165) is 24.8 Å². The van der Waals surface area contributed by atoms with Crippen LogP contribution in [0.15, 0.2) is 18.2 Å². The molecule has 0 aliphatic rings. The highest BCUT2D eigenvalue weighted by atomic mass is 19.1. The number of hydrogen-bond donors (Lipinski definition) is 1. The van der Waals surface area contributed by atoms with E-state index >= 15 is 0 Å². The molecule has 0 fully saturated rings. The van der Waals surface area contributed by atoms with Crippen molar-refractivity contribution in [1.29, 1.82) is 0 Å². The molecule has 22 heavy (non-hydrogen) atoms. The fourth-order valence-electron chi connectivity index (χ4n) is 2.49. The molecular weight excluding hydrogens is 281 g/mol. The molecule has 4 heteroatoms. The Kier molecular flexibility index (Phi) is 8.56. The number of amides is 1. The molecular formula is C18H28FNO2. The fraction of sp³-hybridized carbons (Fsp3) is 0.611. The van der Waals surface area contributed by atoms with Gasteiger partial charge < -0.3 is 10.1 Å². The van der Waals surface area contributed by atoms with E-state index in [-0.39, 0.29) is 17.6 Å². The van der Waals surface area contributed by atoms with Crippen LogP contribution in [0.25, 0.3) is 0 Å². The van der Waals surface area contributed by atoms with E-state index in [1.165, 1.54) is 32.4 Å². The number of benzene rings is 1. The van der Waals surface area contributed by atoms with Crippen LogP contribution in [-0.4, -0.2) is 13.0 Å². The summed E-state index contributed by atoms with van der Waals surface area (Å²) in [6.07, 6.45) is 6.48. The monoisotopic (exact) mass is 309 g/mol. The number of nitrogens with one attached hydrogen (secondary N) is 1. The zero-order valence-corrected chi connectivity index (χ0v) is 14.0. The number of halogens is 1. The third-order valence-electron chi connectivity index (χ3n) is 3.95. The van der Waals surface area contributed by atoms with Gasteiger partial charge >= 0.3 is 0 Å². The summed E-state index contributed by atoms with van der Waals surface area (Å²) in [6, 6.07) is 4.75. The predicted octanol–water partition coefficient (Wildman–Crippen LogP) is 4.45. The second-order valence-corrected chi connectivity index (χ2v) is 5.64. The number of rotatable bonds is 10. The van der Waals surface area contributed by atoms with Gasteiger partial charge in [0.05, 0.1) is 7.11 Å². The molecule has 0 aromatic heterocycles. The van der Waals surface area contributed by atoms with Crippen LogP contribution in [0.1, 0.15) is 57.9 Å². The molecule has 1 unspecified atom stereocenters. The van der Waals surface area contributed by atoms with Crippen molar-refractivity contribution >= 4 is 5.91 Å². The van der Waals surface area contributed by atoms with Crippen LogP contribution in [-0.2, 0) is 11.3 Å². The van der Waals surface area contributed by atoms with Crippen molar-refractivity contribution in [3.63, 3.8) is 0 Å². The van der Waals surface area contributed by atoms with Crippen LogP contribution in [0, 0.1) is 11.7 Å². The van der Waals surface area contributed by atoms with Crippen LogP contribution >= 0.6 is 0 Å². The Morgan fingerprint density at radius 2 is 2.05 bits per heavy atom. The Morgan fingerprint density at radius 1 is 1.27 bits per heavy atom. The SMILES string of the molecule is CCCCCCC(CC)C(=O)NCc1ccc(OC)c(F)c1. The first-order valence-electron chi connectivity index (χ1n) is 8.22. The highest BCUT2D eigenvalue weighted by Crippen LogP contribution is 2.18.